The molecule has 0 saturated heterocycles. The molecule has 122 valence electrons. The van der Waals surface area contributed by atoms with Crippen LogP contribution in [0.4, 0.5) is 0 Å². The number of hydrogen-bond donors (Lipinski definition) is 1. The molecule has 0 bridgehead atoms. The van der Waals surface area contributed by atoms with Crippen molar-refractivity contribution in [2.45, 2.75) is 20.4 Å². The van der Waals surface area contributed by atoms with Gasteiger partial charge in [0.2, 0.25) is 11.7 Å². The number of hydrogen-bond acceptors (Lipinski definition) is 4. The third kappa shape index (κ3) is 3.71. The highest BCUT2D eigenvalue weighted by Crippen LogP contribution is 2.20. The molecule has 3 rings (SSSR count). The number of carbonyl (C=O) groups excluding carboxylic acids is 1. The van der Waals surface area contributed by atoms with Crippen molar-refractivity contribution in [1.29, 1.82) is 0 Å². The first kappa shape index (κ1) is 16.4. The van der Waals surface area contributed by atoms with Crippen molar-refractivity contribution in [3.05, 3.63) is 69.5 Å². The van der Waals surface area contributed by atoms with Gasteiger partial charge in [0.1, 0.15) is 0 Å². The summed E-state index contributed by atoms with van der Waals surface area (Å²) in [5.74, 6) is 0.689. The first-order chi connectivity index (χ1) is 11.5. The van der Waals surface area contributed by atoms with Crippen molar-refractivity contribution in [2.24, 2.45) is 0 Å². The van der Waals surface area contributed by atoms with E-state index in [1.807, 2.05) is 50.2 Å². The highest BCUT2D eigenvalue weighted by Gasteiger charge is 2.11. The molecule has 6 heteroatoms. The second kappa shape index (κ2) is 6.97. The number of aromatic nitrogens is 2. The number of rotatable bonds is 4. The Morgan fingerprint density at radius 3 is 2.75 bits per heavy atom. The minimum atomic E-state index is -0.166. The summed E-state index contributed by atoms with van der Waals surface area (Å²) in [7, 11) is 0. The van der Waals surface area contributed by atoms with Gasteiger partial charge < -0.3 is 9.84 Å². The molecule has 1 aromatic heterocycles. The Kier molecular flexibility index (Phi) is 4.76. The van der Waals surface area contributed by atoms with Gasteiger partial charge in [-0.2, -0.15) is 4.98 Å². The highest BCUT2D eigenvalue weighted by molar-refractivity contribution is 9.10. The molecule has 1 N–H and O–H groups in total. The van der Waals surface area contributed by atoms with E-state index in [-0.39, 0.29) is 12.5 Å². The zero-order valence-electron chi connectivity index (χ0n) is 13.3. The Bertz CT molecular complexity index is 889. The summed E-state index contributed by atoms with van der Waals surface area (Å²) >= 11 is 3.41. The van der Waals surface area contributed by atoms with E-state index in [1.54, 1.807) is 6.07 Å². The monoisotopic (exact) mass is 385 g/mol. The van der Waals surface area contributed by atoms with Gasteiger partial charge in [-0.3, -0.25) is 4.79 Å². The number of aryl methyl sites for hydroxylation is 2. The zero-order chi connectivity index (χ0) is 17.1. The first-order valence-corrected chi connectivity index (χ1v) is 8.26. The first-order valence-electron chi connectivity index (χ1n) is 7.47. The maximum atomic E-state index is 12.2. The molecule has 0 aliphatic heterocycles. The average Bonchev–Trinajstić information content (AvgIpc) is 3.04. The lowest BCUT2D eigenvalue weighted by Gasteiger charge is -2.05. The van der Waals surface area contributed by atoms with E-state index in [4.69, 9.17) is 4.52 Å². The van der Waals surface area contributed by atoms with Crippen molar-refractivity contribution in [2.75, 3.05) is 0 Å². The number of halogens is 1. The summed E-state index contributed by atoms with van der Waals surface area (Å²) in [6, 6.07) is 13.2. The summed E-state index contributed by atoms with van der Waals surface area (Å²) in [5.41, 5.74) is 3.70. The lowest BCUT2D eigenvalue weighted by atomic mass is 10.1. The summed E-state index contributed by atoms with van der Waals surface area (Å²) < 4.78 is 6.14. The maximum absolute atomic E-state index is 12.2. The molecule has 0 saturated carbocycles. The predicted octanol–water partition coefficient (Wildman–Crippen LogP) is 4.05. The Hall–Kier alpha value is -2.47. The van der Waals surface area contributed by atoms with E-state index in [0.717, 1.165) is 21.2 Å². The molecule has 5 nitrogen and oxygen atoms in total. The van der Waals surface area contributed by atoms with Crippen LogP contribution in [-0.4, -0.2) is 16.0 Å². The average molecular weight is 386 g/mol. The van der Waals surface area contributed by atoms with Gasteiger partial charge in [0.15, 0.2) is 0 Å². The molecule has 0 aliphatic carbocycles. The van der Waals surface area contributed by atoms with Gasteiger partial charge in [-0.05, 0) is 49.2 Å². The summed E-state index contributed by atoms with van der Waals surface area (Å²) in [6.45, 7) is 4.18. The van der Waals surface area contributed by atoms with Crippen LogP contribution in [0.5, 0.6) is 0 Å². The maximum Gasteiger partial charge on any atom is 0.251 e. The Balaban J connectivity index is 1.67. The van der Waals surface area contributed by atoms with Crippen molar-refractivity contribution < 1.29 is 9.32 Å². The summed E-state index contributed by atoms with van der Waals surface area (Å²) in [5, 5.41) is 6.74. The van der Waals surface area contributed by atoms with Gasteiger partial charge in [-0.15, -0.1) is 0 Å². The minimum Gasteiger partial charge on any atom is -0.343 e. The van der Waals surface area contributed by atoms with Crippen LogP contribution in [0.3, 0.4) is 0 Å². The van der Waals surface area contributed by atoms with Gasteiger partial charge >= 0.3 is 0 Å². The molecule has 3 aromatic rings. The van der Waals surface area contributed by atoms with Crippen molar-refractivity contribution >= 4 is 21.8 Å². The van der Waals surface area contributed by atoms with Crippen LogP contribution in [0.2, 0.25) is 0 Å². The minimum absolute atomic E-state index is 0.166. The molecule has 0 spiro atoms. The van der Waals surface area contributed by atoms with E-state index < -0.39 is 0 Å². The SMILES string of the molecule is Cc1ccc(C(=O)NCc2nc(-c3cccc(Br)c3)no2)cc1C. The number of benzene rings is 2. The molecular weight excluding hydrogens is 370 g/mol. The summed E-state index contributed by atoms with van der Waals surface area (Å²) in [6.07, 6.45) is 0. The van der Waals surface area contributed by atoms with E-state index >= 15 is 0 Å². The fourth-order valence-corrected chi connectivity index (χ4v) is 2.61. The molecule has 0 atom stereocenters. The van der Waals surface area contributed by atoms with Gasteiger partial charge in [0.25, 0.3) is 5.91 Å². The van der Waals surface area contributed by atoms with Crippen molar-refractivity contribution in [3.63, 3.8) is 0 Å². The van der Waals surface area contributed by atoms with E-state index in [1.165, 1.54) is 0 Å². The van der Waals surface area contributed by atoms with Crippen LogP contribution >= 0.6 is 15.9 Å². The predicted molar refractivity (Wildman–Crippen MR) is 94.5 cm³/mol. The zero-order valence-corrected chi connectivity index (χ0v) is 14.9. The topological polar surface area (TPSA) is 68.0 Å². The van der Waals surface area contributed by atoms with Crippen LogP contribution in [-0.2, 0) is 6.54 Å². The molecule has 0 aliphatic rings. The van der Waals surface area contributed by atoms with Gasteiger partial charge in [0.05, 0.1) is 6.54 Å². The number of carbonyl (C=O) groups is 1. The van der Waals surface area contributed by atoms with Crippen LogP contribution < -0.4 is 5.32 Å². The molecule has 1 amide bonds. The molecule has 1 heterocycles. The van der Waals surface area contributed by atoms with Gasteiger partial charge in [-0.25, -0.2) is 0 Å². The Morgan fingerprint density at radius 1 is 1.17 bits per heavy atom. The fraction of sp³-hybridized carbons (Fsp3) is 0.167. The smallest absolute Gasteiger partial charge is 0.251 e. The third-order valence-corrected chi connectivity index (χ3v) is 4.21. The van der Waals surface area contributed by atoms with Crippen LogP contribution in [0.25, 0.3) is 11.4 Å². The van der Waals surface area contributed by atoms with Crippen molar-refractivity contribution in [1.82, 2.24) is 15.5 Å². The van der Waals surface area contributed by atoms with Gasteiger partial charge in [0, 0.05) is 15.6 Å². The second-order valence-corrected chi connectivity index (χ2v) is 6.42. The molecule has 0 fully saturated rings. The quantitative estimate of drug-likeness (QED) is 0.735. The number of nitrogens with one attached hydrogen (secondary N) is 1. The van der Waals surface area contributed by atoms with Crippen LogP contribution in [0.15, 0.2) is 51.5 Å². The lowest BCUT2D eigenvalue weighted by Crippen LogP contribution is -2.23. The highest BCUT2D eigenvalue weighted by atomic mass is 79.9. The Labute approximate surface area is 148 Å². The molecule has 0 unspecified atom stereocenters. The molecule has 2 aromatic carbocycles. The molecule has 0 radical (unpaired) electrons. The molecule has 24 heavy (non-hydrogen) atoms. The standard InChI is InChI=1S/C18H16BrN3O2/c1-11-6-7-14(8-12(11)2)18(23)20-10-16-21-17(22-24-16)13-4-3-5-15(19)9-13/h3-9H,10H2,1-2H3,(H,20,23). The van der Waals surface area contributed by atoms with E-state index in [2.05, 4.69) is 31.4 Å². The van der Waals surface area contributed by atoms with Crippen molar-refractivity contribution in [3.8, 4) is 11.4 Å². The van der Waals surface area contributed by atoms with Gasteiger partial charge in [-0.1, -0.05) is 39.3 Å². The normalized spacial score (nSPS) is 10.6. The fourth-order valence-electron chi connectivity index (χ4n) is 2.21. The van der Waals surface area contributed by atoms with Crippen LogP contribution in [0.1, 0.15) is 27.4 Å². The number of amides is 1. The number of nitrogens with zero attached hydrogens (tertiary/aromatic N) is 2. The lowest BCUT2D eigenvalue weighted by molar-refractivity contribution is 0.0946. The molecular formula is C18H16BrN3O2. The Morgan fingerprint density at radius 2 is 2.00 bits per heavy atom. The summed E-state index contributed by atoms with van der Waals surface area (Å²) in [4.78, 5) is 16.5. The largest absolute Gasteiger partial charge is 0.343 e. The second-order valence-electron chi connectivity index (χ2n) is 5.50. The van der Waals surface area contributed by atoms with Crippen LogP contribution in [0, 0.1) is 13.8 Å². The van der Waals surface area contributed by atoms with E-state index in [9.17, 15) is 4.79 Å². The van der Waals surface area contributed by atoms with E-state index in [0.29, 0.717) is 17.3 Å². The third-order valence-electron chi connectivity index (χ3n) is 3.72.